The van der Waals surface area contributed by atoms with Gasteiger partial charge >= 0.3 is 0 Å². The van der Waals surface area contributed by atoms with Crippen LogP contribution in [0.25, 0.3) is 0 Å². The first kappa shape index (κ1) is 13.5. The minimum Gasteiger partial charge on any atom is -0.372 e. The fraction of sp³-hybridized carbons (Fsp3) is 0.133. The van der Waals surface area contributed by atoms with Crippen molar-refractivity contribution in [2.75, 3.05) is 0 Å². The molecule has 2 aromatic rings. The van der Waals surface area contributed by atoms with E-state index in [4.69, 9.17) is 21.6 Å². The van der Waals surface area contributed by atoms with Gasteiger partial charge in [-0.3, -0.25) is 0 Å². The first-order chi connectivity index (χ1) is 9.19. The van der Waals surface area contributed by atoms with Crippen molar-refractivity contribution in [2.45, 2.75) is 13.2 Å². The maximum absolute atomic E-state index is 13.6. The maximum Gasteiger partial charge on any atom is 0.130 e. The Kier molecular flexibility index (Phi) is 4.51. The molecule has 0 amide bonds. The van der Waals surface area contributed by atoms with E-state index in [1.165, 1.54) is 6.07 Å². The fourth-order valence-electron chi connectivity index (χ4n) is 1.59. The van der Waals surface area contributed by atoms with E-state index in [0.29, 0.717) is 22.8 Å². The highest BCUT2D eigenvalue weighted by molar-refractivity contribution is 6.30. The second-order valence-corrected chi connectivity index (χ2v) is 4.47. The van der Waals surface area contributed by atoms with Gasteiger partial charge in [-0.25, -0.2) is 4.39 Å². The van der Waals surface area contributed by atoms with Crippen molar-refractivity contribution in [1.82, 2.24) is 0 Å². The van der Waals surface area contributed by atoms with E-state index in [-0.39, 0.29) is 6.61 Å². The van der Waals surface area contributed by atoms with E-state index >= 15 is 0 Å². The summed E-state index contributed by atoms with van der Waals surface area (Å²) in [6, 6.07) is 13.5. The molecule has 2 aromatic carbocycles. The molecule has 4 heteroatoms. The highest BCUT2D eigenvalue weighted by Crippen LogP contribution is 2.14. The monoisotopic (exact) mass is 275 g/mol. The van der Waals surface area contributed by atoms with Crippen molar-refractivity contribution in [2.24, 2.45) is 0 Å². The van der Waals surface area contributed by atoms with Gasteiger partial charge in [0.25, 0.3) is 0 Å². The van der Waals surface area contributed by atoms with Gasteiger partial charge in [0.1, 0.15) is 5.82 Å². The van der Waals surface area contributed by atoms with Gasteiger partial charge in [-0.2, -0.15) is 5.26 Å². The second kappa shape index (κ2) is 6.33. The first-order valence-electron chi connectivity index (χ1n) is 5.70. The molecule has 19 heavy (non-hydrogen) atoms. The Balaban J connectivity index is 1.92. The van der Waals surface area contributed by atoms with Crippen LogP contribution in [0.3, 0.4) is 0 Å². The number of halogens is 2. The fourth-order valence-corrected chi connectivity index (χ4v) is 1.72. The van der Waals surface area contributed by atoms with Gasteiger partial charge in [0, 0.05) is 10.6 Å². The summed E-state index contributed by atoms with van der Waals surface area (Å²) in [5.74, 6) is -0.421. The second-order valence-electron chi connectivity index (χ2n) is 4.04. The lowest BCUT2D eigenvalue weighted by molar-refractivity contribution is 0.105. The molecule has 2 rings (SSSR count). The standard InChI is InChI=1S/C15H11ClFNO/c16-14-5-2-11(3-6-14)9-19-10-13-4-1-12(8-18)7-15(13)17/h1-7H,9-10H2. The molecule has 0 bridgehead atoms. The zero-order chi connectivity index (χ0) is 13.7. The molecule has 0 aliphatic heterocycles. The third-order valence-corrected chi connectivity index (χ3v) is 2.87. The highest BCUT2D eigenvalue weighted by atomic mass is 35.5. The Bertz CT molecular complexity index is 605. The molecule has 0 spiro atoms. The summed E-state index contributed by atoms with van der Waals surface area (Å²) in [6.07, 6.45) is 0. The van der Waals surface area contributed by atoms with Gasteiger partial charge in [0.05, 0.1) is 24.8 Å². The largest absolute Gasteiger partial charge is 0.372 e. The molecule has 0 fully saturated rings. The molecule has 0 atom stereocenters. The zero-order valence-electron chi connectivity index (χ0n) is 10.1. The molecule has 0 aliphatic carbocycles. The highest BCUT2D eigenvalue weighted by Gasteiger charge is 2.04. The van der Waals surface area contributed by atoms with Crippen molar-refractivity contribution >= 4 is 11.6 Å². The summed E-state index contributed by atoms with van der Waals surface area (Å²) in [7, 11) is 0. The smallest absolute Gasteiger partial charge is 0.130 e. The molecule has 0 saturated carbocycles. The Hall–Kier alpha value is -1.89. The van der Waals surface area contributed by atoms with Crippen LogP contribution in [-0.2, 0) is 18.0 Å². The van der Waals surface area contributed by atoms with Gasteiger partial charge in [0.2, 0.25) is 0 Å². The number of ether oxygens (including phenoxy) is 1. The lowest BCUT2D eigenvalue weighted by Gasteiger charge is -2.06. The van der Waals surface area contributed by atoms with Crippen LogP contribution < -0.4 is 0 Å². The van der Waals surface area contributed by atoms with Crippen LogP contribution >= 0.6 is 11.6 Å². The van der Waals surface area contributed by atoms with Crippen molar-refractivity contribution in [1.29, 1.82) is 5.26 Å². The first-order valence-corrected chi connectivity index (χ1v) is 6.07. The van der Waals surface area contributed by atoms with Crippen LogP contribution in [-0.4, -0.2) is 0 Å². The summed E-state index contributed by atoms with van der Waals surface area (Å²) in [4.78, 5) is 0. The third kappa shape index (κ3) is 3.78. The number of hydrogen-bond donors (Lipinski definition) is 0. The minimum atomic E-state index is -0.421. The summed E-state index contributed by atoms with van der Waals surface area (Å²) in [5, 5.41) is 9.31. The van der Waals surface area contributed by atoms with Gasteiger partial charge in [-0.15, -0.1) is 0 Å². The summed E-state index contributed by atoms with van der Waals surface area (Å²) in [5.41, 5.74) is 1.71. The van der Waals surface area contributed by atoms with E-state index < -0.39 is 5.82 Å². The van der Waals surface area contributed by atoms with Crippen molar-refractivity contribution in [3.63, 3.8) is 0 Å². The number of rotatable bonds is 4. The molecule has 0 aliphatic rings. The Morgan fingerprint density at radius 1 is 1.11 bits per heavy atom. The van der Waals surface area contributed by atoms with E-state index in [1.54, 1.807) is 24.3 Å². The van der Waals surface area contributed by atoms with Crippen molar-refractivity contribution in [3.05, 3.63) is 70.0 Å². The van der Waals surface area contributed by atoms with Gasteiger partial charge in [-0.05, 0) is 29.8 Å². The van der Waals surface area contributed by atoms with E-state index in [9.17, 15) is 4.39 Å². The molecule has 0 heterocycles. The third-order valence-electron chi connectivity index (χ3n) is 2.62. The predicted octanol–water partition coefficient (Wildman–Crippen LogP) is 4.07. The van der Waals surface area contributed by atoms with Crippen LogP contribution in [0.2, 0.25) is 5.02 Å². The molecule has 0 radical (unpaired) electrons. The number of hydrogen-bond acceptors (Lipinski definition) is 2. The molecule has 0 N–H and O–H groups in total. The Labute approximate surface area is 116 Å². The maximum atomic E-state index is 13.6. The van der Waals surface area contributed by atoms with Gasteiger partial charge < -0.3 is 4.74 Å². The number of nitrogens with zero attached hydrogens (tertiary/aromatic N) is 1. The van der Waals surface area contributed by atoms with Crippen molar-refractivity contribution in [3.8, 4) is 6.07 Å². The van der Waals surface area contributed by atoms with Crippen LogP contribution in [0.5, 0.6) is 0 Å². The average molecular weight is 276 g/mol. The van der Waals surface area contributed by atoms with E-state index in [0.717, 1.165) is 5.56 Å². The van der Waals surface area contributed by atoms with Gasteiger partial charge in [0.15, 0.2) is 0 Å². The molecule has 0 aromatic heterocycles. The van der Waals surface area contributed by atoms with Crippen LogP contribution in [0, 0.1) is 17.1 Å². The summed E-state index contributed by atoms with van der Waals surface area (Å²) < 4.78 is 19.0. The quantitative estimate of drug-likeness (QED) is 0.843. The topological polar surface area (TPSA) is 33.0 Å². The lowest BCUT2D eigenvalue weighted by Crippen LogP contribution is -1.97. The normalized spacial score (nSPS) is 10.2. The van der Waals surface area contributed by atoms with Crippen LogP contribution in [0.4, 0.5) is 4.39 Å². The van der Waals surface area contributed by atoms with E-state index in [1.807, 2.05) is 18.2 Å². The molecule has 96 valence electrons. The summed E-state index contributed by atoms with van der Waals surface area (Å²) in [6.45, 7) is 0.552. The number of nitriles is 1. The lowest BCUT2D eigenvalue weighted by atomic mass is 10.1. The zero-order valence-corrected chi connectivity index (χ0v) is 10.8. The molecule has 2 nitrogen and oxygen atoms in total. The SMILES string of the molecule is N#Cc1ccc(COCc2ccc(Cl)cc2)c(F)c1. The molecular weight excluding hydrogens is 265 g/mol. The average Bonchev–Trinajstić information content (AvgIpc) is 2.42. The Morgan fingerprint density at radius 3 is 2.47 bits per heavy atom. The Morgan fingerprint density at radius 2 is 1.84 bits per heavy atom. The molecule has 0 unspecified atom stereocenters. The predicted molar refractivity (Wildman–Crippen MR) is 71.1 cm³/mol. The summed E-state index contributed by atoms with van der Waals surface area (Å²) >= 11 is 5.77. The van der Waals surface area contributed by atoms with Crippen LogP contribution in [0.1, 0.15) is 16.7 Å². The minimum absolute atomic E-state index is 0.167. The number of benzene rings is 2. The van der Waals surface area contributed by atoms with Gasteiger partial charge in [-0.1, -0.05) is 29.8 Å². The molecular formula is C15H11ClFNO. The van der Waals surface area contributed by atoms with Crippen LogP contribution in [0.15, 0.2) is 42.5 Å². The molecule has 0 saturated heterocycles. The van der Waals surface area contributed by atoms with E-state index in [2.05, 4.69) is 0 Å². The van der Waals surface area contributed by atoms with Crippen molar-refractivity contribution < 1.29 is 9.13 Å².